The Bertz CT molecular complexity index is 956. The predicted molar refractivity (Wildman–Crippen MR) is 81.5 cm³/mol. The lowest BCUT2D eigenvalue weighted by atomic mass is 10.1. The molecular formula is C17H13FO5. The normalized spacial score (nSPS) is 17.9. The van der Waals surface area contributed by atoms with Crippen molar-refractivity contribution in [1.29, 1.82) is 0 Å². The zero-order valence-electron chi connectivity index (χ0n) is 12.0. The van der Waals surface area contributed by atoms with E-state index >= 15 is 0 Å². The maximum absolute atomic E-state index is 14.2. The minimum absolute atomic E-state index is 0.0119. The summed E-state index contributed by atoms with van der Waals surface area (Å²) in [4.78, 5) is 12.2. The molecule has 1 atom stereocenters. The highest BCUT2D eigenvalue weighted by atomic mass is 19.1. The molecule has 6 heteroatoms. The molecule has 2 aromatic carbocycles. The predicted octanol–water partition coefficient (Wildman–Crippen LogP) is 2.96. The lowest BCUT2D eigenvalue weighted by Gasteiger charge is -2.12. The van der Waals surface area contributed by atoms with Crippen LogP contribution in [-0.4, -0.2) is 24.4 Å². The van der Waals surface area contributed by atoms with Crippen LogP contribution < -0.4 is 10.4 Å². The minimum Gasteiger partial charge on any atom is -0.508 e. The summed E-state index contributed by atoms with van der Waals surface area (Å²) in [5.41, 5.74) is -0.594. The molecule has 0 unspecified atom stereocenters. The molecule has 5 nitrogen and oxygen atoms in total. The van der Waals surface area contributed by atoms with Crippen molar-refractivity contribution in [3.05, 3.63) is 46.6 Å². The summed E-state index contributed by atoms with van der Waals surface area (Å²) in [6, 6.07) is 7.07. The van der Waals surface area contributed by atoms with E-state index in [0.717, 1.165) is 12.5 Å². The Labute approximate surface area is 129 Å². The van der Waals surface area contributed by atoms with Crippen molar-refractivity contribution in [3.8, 4) is 11.5 Å². The molecule has 0 bridgehead atoms. The lowest BCUT2D eigenvalue weighted by molar-refractivity contribution is 0.141. The SMILES string of the molecule is O=c1oc2cc(O)cc(F)c2c2ccc(O[C@H]3CCOC3)cc12. The van der Waals surface area contributed by atoms with Gasteiger partial charge in [-0.25, -0.2) is 9.18 Å². The van der Waals surface area contributed by atoms with Crippen LogP contribution in [-0.2, 0) is 4.74 Å². The fourth-order valence-corrected chi connectivity index (χ4v) is 2.85. The molecule has 0 radical (unpaired) electrons. The first-order valence-corrected chi connectivity index (χ1v) is 7.25. The molecule has 0 amide bonds. The third-order valence-electron chi connectivity index (χ3n) is 3.91. The highest BCUT2D eigenvalue weighted by Gasteiger charge is 2.18. The van der Waals surface area contributed by atoms with Crippen molar-refractivity contribution in [1.82, 2.24) is 0 Å². The van der Waals surface area contributed by atoms with E-state index in [4.69, 9.17) is 13.9 Å². The molecule has 2 heterocycles. The second-order valence-electron chi connectivity index (χ2n) is 5.50. The first-order valence-electron chi connectivity index (χ1n) is 7.25. The van der Waals surface area contributed by atoms with Gasteiger partial charge in [-0.3, -0.25) is 0 Å². The van der Waals surface area contributed by atoms with Gasteiger partial charge in [-0.05, 0) is 18.2 Å². The smallest absolute Gasteiger partial charge is 0.344 e. The minimum atomic E-state index is -0.647. The van der Waals surface area contributed by atoms with Crippen LogP contribution in [0.25, 0.3) is 21.7 Å². The van der Waals surface area contributed by atoms with E-state index in [-0.39, 0.29) is 28.2 Å². The molecule has 118 valence electrons. The zero-order chi connectivity index (χ0) is 16.0. The largest absolute Gasteiger partial charge is 0.508 e. The third kappa shape index (κ3) is 2.41. The maximum atomic E-state index is 14.2. The Morgan fingerprint density at radius 2 is 2.09 bits per heavy atom. The van der Waals surface area contributed by atoms with Crippen LogP contribution in [0.3, 0.4) is 0 Å². The first-order chi connectivity index (χ1) is 11.1. The van der Waals surface area contributed by atoms with Crippen molar-refractivity contribution >= 4 is 21.7 Å². The van der Waals surface area contributed by atoms with Crippen LogP contribution in [0.1, 0.15) is 6.42 Å². The Morgan fingerprint density at radius 3 is 2.87 bits per heavy atom. The summed E-state index contributed by atoms with van der Waals surface area (Å²) in [5, 5.41) is 10.3. The summed E-state index contributed by atoms with van der Waals surface area (Å²) in [6.07, 6.45) is 0.742. The van der Waals surface area contributed by atoms with Crippen molar-refractivity contribution in [2.75, 3.05) is 13.2 Å². The Balaban J connectivity index is 1.90. The molecular weight excluding hydrogens is 303 g/mol. The maximum Gasteiger partial charge on any atom is 0.344 e. The van der Waals surface area contributed by atoms with Gasteiger partial charge in [0.05, 0.1) is 24.0 Å². The number of hydrogen-bond donors (Lipinski definition) is 1. The van der Waals surface area contributed by atoms with Gasteiger partial charge in [0.2, 0.25) is 0 Å². The van der Waals surface area contributed by atoms with Gasteiger partial charge in [0.1, 0.15) is 29.0 Å². The van der Waals surface area contributed by atoms with E-state index in [0.29, 0.717) is 24.3 Å². The van der Waals surface area contributed by atoms with E-state index in [2.05, 4.69) is 0 Å². The molecule has 1 aromatic heterocycles. The Hall–Kier alpha value is -2.60. The molecule has 0 aliphatic carbocycles. The summed E-state index contributed by atoms with van der Waals surface area (Å²) >= 11 is 0. The zero-order valence-corrected chi connectivity index (χ0v) is 12.0. The molecule has 1 aliphatic heterocycles. The lowest BCUT2D eigenvalue weighted by Crippen LogP contribution is -2.15. The average molecular weight is 316 g/mol. The van der Waals surface area contributed by atoms with Gasteiger partial charge in [0, 0.05) is 23.9 Å². The van der Waals surface area contributed by atoms with Gasteiger partial charge < -0.3 is 19.0 Å². The summed E-state index contributed by atoms with van der Waals surface area (Å²) in [6.45, 7) is 1.16. The highest BCUT2D eigenvalue weighted by Crippen LogP contribution is 2.31. The van der Waals surface area contributed by atoms with E-state index in [1.54, 1.807) is 18.2 Å². The number of halogens is 1. The molecule has 0 saturated carbocycles. The van der Waals surface area contributed by atoms with E-state index in [9.17, 15) is 14.3 Å². The van der Waals surface area contributed by atoms with Gasteiger partial charge in [-0.2, -0.15) is 0 Å². The number of hydrogen-bond acceptors (Lipinski definition) is 5. The number of aromatic hydroxyl groups is 1. The van der Waals surface area contributed by atoms with Crippen molar-refractivity contribution in [3.63, 3.8) is 0 Å². The number of rotatable bonds is 2. The number of benzene rings is 2. The summed E-state index contributed by atoms with van der Waals surface area (Å²) < 4.78 is 30.3. The second-order valence-corrected chi connectivity index (χ2v) is 5.50. The van der Waals surface area contributed by atoms with E-state index in [1.807, 2.05) is 0 Å². The molecule has 1 saturated heterocycles. The van der Waals surface area contributed by atoms with Gasteiger partial charge >= 0.3 is 5.63 Å². The highest BCUT2D eigenvalue weighted by molar-refractivity contribution is 6.05. The van der Waals surface area contributed by atoms with Gasteiger partial charge in [-0.15, -0.1) is 0 Å². The molecule has 1 fully saturated rings. The number of fused-ring (bicyclic) bond motifs is 3. The van der Waals surface area contributed by atoms with Gasteiger partial charge in [0.15, 0.2) is 0 Å². The standard InChI is InChI=1S/C17H13FO5/c18-14-5-9(19)6-15-16(14)12-2-1-10(7-13(12)17(20)23-15)22-11-3-4-21-8-11/h1-2,5-7,11,19H,3-4,8H2/t11-/m0/s1. The van der Waals surface area contributed by atoms with Crippen molar-refractivity contribution in [2.24, 2.45) is 0 Å². The van der Waals surface area contributed by atoms with E-state index in [1.165, 1.54) is 6.07 Å². The molecule has 1 N–H and O–H groups in total. The van der Waals surface area contributed by atoms with Crippen LogP contribution in [0.4, 0.5) is 4.39 Å². The Morgan fingerprint density at radius 1 is 1.22 bits per heavy atom. The quantitative estimate of drug-likeness (QED) is 0.581. The fourth-order valence-electron chi connectivity index (χ4n) is 2.85. The first kappa shape index (κ1) is 14.0. The fraction of sp³-hybridized carbons (Fsp3) is 0.235. The van der Waals surface area contributed by atoms with Gasteiger partial charge in [0.25, 0.3) is 0 Å². The van der Waals surface area contributed by atoms with Crippen molar-refractivity contribution < 1.29 is 23.4 Å². The molecule has 1 aliphatic rings. The second kappa shape index (κ2) is 5.24. The van der Waals surface area contributed by atoms with Crippen LogP contribution in [0.2, 0.25) is 0 Å². The number of ether oxygens (including phenoxy) is 2. The van der Waals surface area contributed by atoms with Crippen LogP contribution in [0, 0.1) is 5.82 Å². The molecule has 23 heavy (non-hydrogen) atoms. The van der Waals surface area contributed by atoms with Crippen LogP contribution in [0.5, 0.6) is 11.5 Å². The third-order valence-corrected chi connectivity index (χ3v) is 3.91. The Kier molecular flexibility index (Phi) is 3.20. The summed E-state index contributed by atoms with van der Waals surface area (Å²) in [5.74, 6) is -0.427. The molecule has 4 rings (SSSR count). The molecule has 0 spiro atoms. The molecule has 3 aromatic rings. The number of phenols is 1. The van der Waals surface area contributed by atoms with Crippen molar-refractivity contribution in [2.45, 2.75) is 12.5 Å². The average Bonchev–Trinajstić information content (AvgIpc) is 3.00. The van der Waals surface area contributed by atoms with Gasteiger partial charge in [-0.1, -0.05) is 0 Å². The topological polar surface area (TPSA) is 68.9 Å². The van der Waals surface area contributed by atoms with Crippen LogP contribution in [0.15, 0.2) is 39.5 Å². The number of phenolic OH excluding ortho intramolecular Hbond substituents is 1. The van der Waals surface area contributed by atoms with Crippen LogP contribution >= 0.6 is 0 Å². The monoisotopic (exact) mass is 316 g/mol. The summed E-state index contributed by atoms with van der Waals surface area (Å²) in [7, 11) is 0. The van der Waals surface area contributed by atoms with E-state index < -0.39 is 11.4 Å².